The molecule has 0 amide bonds. The van der Waals surface area contributed by atoms with E-state index < -0.39 is 0 Å². The van der Waals surface area contributed by atoms with Gasteiger partial charge in [-0.2, -0.15) is 5.10 Å². The molecule has 0 aromatic carbocycles. The van der Waals surface area contributed by atoms with E-state index in [2.05, 4.69) is 40.2 Å². The number of hydrogen-bond acceptors (Lipinski definition) is 3. The summed E-state index contributed by atoms with van der Waals surface area (Å²) in [5.41, 5.74) is 5.54. The largest absolute Gasteiger partial charge is 0.261 e. The van der Waals surface area contributed by atoms with Gasteiger partial charge in [0.1, 0.15) is 0 Å². The lowest BCUT2D eigenvalue weighted by Gasteiger charge is -2.08. The lowest BCUT2D eigenvalue weighted by molar-refractivity contribution is 0.545. The zero-order valence-corrected chi connectivity index (χ0v) is 15.4. The molecule has 0 radical (unpaired) electrons. The fourth-order valence-electron chi connectivity index (χ4n) is 3.86. The predicted octanol–water partition coefficient (Wildman–Crippen LogP) is 5.01. The summed E-state index contributed by atoms with van der Waals surface area (Å²) in [5.74, 6) is 0.856. The molecule has 0 atom stereocenters. The second kappa shape index (κ2) is 7.81. The van der Waals surface area contributed by atoms with Gasteiger partial charge < -0.3 is 0 Å². The van der Waals surface area contributed by atoms with Crippen LogP contribution in [0.25, 0.3) is 16.9 Å². The van der Waals surface area contributed by atoms with E-state index in [-0.39, 0.29) is 0 Å². The van der Waals surface area contributed by atoms with E-state index in [4.69, 9.17) is 0 Å². The fourth-order valence-corrected chi connectivity index (χ4v) is 3.86. The maximum absolute atomic E-state index is 4.68. The Morgan fingerprint density at radius 3 is 2.73 bits per heavy atom. The lowest BCUT2D eigenvalue weighted by atomic mass is 9.99. The van der Waals surface area contributed by atoms with Crippen molar-refractivity contribution in [2.45, 2.75) is 51.9 Å². The van der Waals surface area contributed by atoms with Crippen molar-refractivity contribution in [2.75, 3.05) is 0 Å². The molecule has 3 aromatic rings. The first-order valence-electron chi connectivity index (χ1n) is 9.77. The van der Waals surface area contributed by atoms with Crippen molar-refractivity contribution in [3.05, 3.63) is 60.3 Å². The number of nitrogens with zero attached hydrogens (tertiary/aromatic N) is 4. The Labute approximate surface area is 155 Å². The maximum Gasteiger partial charge on any atom is 0.0733 e. The van der Waals surface area contributed by atoms with Gasteiger partial charge in [-0.3, -0.25) is 9.97 Å². The van der Waals surface area contributed by atoms with Gasteiger partial charge in [-0.1, -0.05) is 45.1 Å². The van der Waals surface area contributed by atoms with Gasteiger partial charge >= 0.3 is 0 Å². The molecule has 1 aliphatic carbocycles. The molecule has 3 heterocycles. The van der Waals surface area contributed by atoms with Crippen LogP contribution >= 0.6 is 0 Å². The molecule has 4 heteroatoms. The van der Waals surface area contributed by atoms with Crippen molar-refractivity contribution in [1.29, 1.82) is 0 Å². The van der Waals surface area contributed by atoms with Crippen LogP contribution in [0.15, 0.2) is 49.1 Å². The number of pyridine rings is 2. The monoisotopic (exact) mass is 346 g/mol. The third-order valence-corrected chi connectivity index (χ3v) is 5.27. The predicted molar refractivity (Wildman–Crippen MR) is 104 cm³/mol. The van der Waals surface area contributed by atoms with Crippen molar-refractivity contribution in [1.82, 2.24) is 19.7 Å². The Morgan fingerprint density at radius 1 is 1.08 bits per heavy atom. The zero-order chi connectivity index (χ0) is 17.8. The van der Waals surface area contributed by atoms with E-state index in [1.165, 1.54) is 37.7 Å². The summed E-state index contributed by atoms with van der Waals surface area (Å²) in [6, 6.07) is 8.46. The van der Waals surface area contributed by atoms with E-state index >= 15 is 0 Å². The Hall–Kier alpha value is -2.49. The quantitative estimate of drug-likeness (QED) is 0.630. The van der Waals surface area contributed by atoms with Crippen LogP contribution in [-0.2, 0) is 12.8 Å². The van der Waals surface area contributed by atoms with Crippen molar-refractivity contribution in [2.24, 2.45) is 5.92 Å². The molecule has 1 aliphatic rings. The Bertz CT molecular complexity index is 845. The number of hydrogen-bond donors (Lipinski definition) is 0. The van der Waals surface area contributed by atoms with Crippen LogP contribution in [0.5, 0.6) is 0 Å². The molecule has 0 saturated heterocycles. The highest BCUT2D eigenvalue weighted by atomic mass is 15.3. The Balaban J connectivity index is 1.49. The molecule has 26 heavy (non-hydrogen) atoms. The SMILES string of the molecule is CCCc1cc(-n2cc(-c3ccc(CC4CCCC4)cn3)cn2)ccn1. The summed E-state index contributed by atoms with van der Waals surface area (Å²) in [6.07, 6.45) is 16.6. The first kappa shape index (κ1) is 17.0. The maximum atomic E-state index is 4.68. The van der Waals surface area contributed by atoms with Gasteiger partial charge in [-0.25, -0.2) is 4.68 Å². The molecule has 1 fully saturated rings. The molecule has 0 aliphatic heterocycles. The third kappa shape index (κ3) is 3.85. The first-order valence-corrected chi connectivity index (χ1v) is 9.77. The van der Waals surface area contributed by atoms with Gasteiger partial charge in [0.2, 0.25) is 0 Å². The fraction of sp³-hybridized carbons (Fsp3) is 0.409. The number of aryl methyl sites for hydroxylation is 1. The van der Waals surface area contributed by atoms with Crippen molar-refractivity contribution < 1.29 is 0 Å². The third-order valence-electron chi connectivity index (χ3n) is 5.27. The van der Waals surface area contributed by atoms with E-state index in [0.29, 0.717) is 0 Å². The highest BCUT2D eigenvalue weighted by Crippen LogP contribution is 2.28. The highest BCUT2D eigenvalue weighted by Gasteiger charge is 2.15. The van der Waals surface area contributed by atoms with Crippen LogP contribution in [0.2, 0.25) is 0 Å². The average molecular weight is 346 g/mol. The van der Waals surface area contributed by atoms with Gasteiger partial charge in [-0.05, 0) is 42.5 Å². The lowest BCUT2D eigenvalue weighted by Crippen LogP contribution is -1.99. The molecule has 4 nitrogen and oxygen atoms in total. The van der Waals surface area contributed by atoms with E-state index in [1.807, 2.05) is 35.5 Å². The van der Waals surface area contributed by atoms with Crippen LogP contribution in [0, 0.1) is 5.92 Å². The summed E-state index contributed by atoms with van der Waals surface area (Å²) in [4.78, 5) is 9.10. The molecule has 0 unspecified atom stereocenters. The highest BCUT2D eigenvalue weighted by molar-refractivity contribution is 5.57. The summed E-state index contributed by atoms with van der Waals surface area (Å²) < 4.78 is 1.91. The van der Waals surface area contributed by atoms with Crippen LogP contribution < -0.4 is 0 Å². The van der Waals surface area contributed by atoms with Gasteiger partial charge in [0, 0.05) is 29.8 Å². The second-order valence-corrected chi connectivity index (χ2v) is 7.34. The Morgan fingerprint density at radius 2 is 1.96 bits per heavy atom. The smallest absolute Gasteiger partial charge is 0.0733 e. The van der Waals surface area contributed by atoms with Gasteiger partial charge in [0.05, 0.1) is 17.6 Å². The molecule has 3 aromatic heterocycles. The first-order chi connectivity index (χ1) is 12.8. The van der Waals surface area contributed by atoms with Crippen LogP contribution in [0.4, 0.5) is 0 Å². The van der Waals surface area contributed by atoms with Crippen LogP contribution in [-0.4, -0.2) is 19.7 Å². The van der Waals surface area contributed by atoms with Gasteiger partial charge in [-0.15, -0.1) is 0 Å². The van der Waals surface area contributed by atoms with Crippen molar-refractivity contribution >= 4 is 0 Å². The molecule has 0 bridgehead atoms. The van der Waals surface area contributed by atoms with Crippen LogP contribution in [0.1, 0.15) is 50.3 Å². The molecule has 134 valence electrons. The minimum Gasteiger partial charge on any atom is -0.261 e. The summed E-state index contributed by atoms with van der Waals surface area (Å²) in [5, 5.41) is 4.52. The van der Waals surface area contributed by atoms with E-state index in [1.54, 1.807) is 0 Å². The van der Waals surface area contributed by atoms with Gasteiger partial charge in [0.25, 0.3) is 0 Å². The summed E-state index contributed by atoms with van der Waals surface area (Å²) >= 11 is 0. The molecule has 0 N–H and O–H groups in total. The molecule has 1 saturated carbocycles. The van der Waals surface area contributed by atoms with E-state index in [9.17, 15) is 0 Å². The minimum absolute atomic E-state index is 0.856. The minimum atomic E-state index is 0.856. The second-order valence-electron chi connectivity index (χ2n) is 7.34. The molecule has 4 rings (SSSR count). The normalized spacial score (nSPS) is 14.8. The summed E-state index contributed by atoms with van der Waals surface area (Å²) in [7, 11) is 0. The van der Waals surface area contributed by atoms with Crippen LogP contribution in [0.3, 0.4) is 0 Å². The molecular formula is C22H26N4. The zero-order valence-electron chi connectivity index (χ0n) is 15.4. The average Bonchev–Trinajstić information content (AvgIpc) is 3.35. The summed E-state index contributed by atoms with van der Waals surface area (Å²) in [6.45, 7) is 2.17. The number of rotatable bonds is 6. The standard InChI is InChI=1S/C22H26N4/c1-2-5-20-13-21(10-11-23-20)26-16-19(15-25-26)22-9-8-18(14-24-22)12-17-6-3-4-7-17/h8-11,13-17H,2-7,12H2,1H3. The van der Waals surface area contributed by atoms with Crippen molar-refractivity contribution in [3.63, 3.8) is 0 Å². The van der Waals surface area contributed by atoms with E-state index in [0.717, 1.165) is 41.4 Å². The van der Waals surface area contributed by atoms with Crippen molar-refractivity contribution in [3.8, 4) is 16.9 Å². The molecule has 0 spiro atoms. The molecular weight excluding hydrogens is 320 g/mol. The van der Waals surface area contributed by atoms with Gasteiger partial charge in [0.15, 0.2) is 0 Å². The number of aromatic nitrogens is 4. The Kier molecular flexibility index (Phi) is 5.09. The topological polar surface area (TPSA) is 43.6 Å².